The molecule has 17 heteroatoms. The molecule has 0 unspecified atom stereocenters. The summed E-state index contributed by atoms with van der Waals surface area (Å²) in [5.41, 5.74) is -1.79. The van der Waals surface area contributed by atoms with Crippen LogP contribution >= 0.6 is 0 Å². The van der Waals surface area contributed by atoms with Gasteiger partial charge < -0.3 is 23.7 Å². The Morgan fingerprint density at radius 2 is 0.800 bits per heavy atom. The minimum atomic E-state index is -2.40. The third kappa shape index (κ3) is 10.3. The quantitative estimate of drug-likeness (QED) is 0.0490. The van der Waals surface area contributed by atoms with Crippen LogP contribution in [-0.2, 0) is 23.8 Å². The summed E-state index contributed by atoms with van der Waals surface area (Å²) >= 11 is 0. The van der Waals surface area contributed by atoms with Crippen LogP contribution in [0.15, 0.2) is 0 Å². The molecule has 0 fully saturated rings. The van der Waals surface area contributed by atoms with Crippen molar-refractivity contribution in [3.8, 4) is 11.5 Å². The molecule has 0 amide bonds. The van der Waals surface area contributed by atoms with Crippen LogP contribution < -0.4 is 9.47 Å². The van der Waals surface area contributed by atoms with Crippen molar-refractivity contribution in [1.82, 2.24) is 0 Å². The molecule has 0 aliphatic heterocycles. The zero-order valence-electron chi connectivity index (χ0n) is 24.3. The van der Waals surface area contributed by atoms with Gasteiger partial charge >= 0.3 is 11.9 Å². The lowest BCUT2D eigenvalue weighted by Crippen LogP contribution is -2.32. The molecule has 2 rings (SSSR count). The van der Waals surface area contributed by atoms with E-state index in [1.54, 1.807) is 27.7 Å². The van der Waals surface area contributed by atoms with E-state index in [4.69, 9.17) is 14.2 Å². The average Bonchev–Trinajstić information content (AvgIpc) is 2.98. The van der Waals surface area contributed by atoms with E-state index in [1.165, 1.54) is 0 Å². The summed E-state index contributed by atoms with van der Waals surface area (Å²) in [5.74, 6) is -29.0. The lowest BCUT2D eigenvalue weighted by Gasteiger charge is -2.28. The minimum Gasteiger partial charge on any atom is -0.420 e. The van der Waals surface area contributed by atoms with Gasteiger partial charge in [-0.1, -0.05) is 0 Å². The van der Waals surface area contributed by atoms with E-state index < -0.39 is 106 Å². The highest BCUT2D eigenvalue weighted by molar-refractivity contribution is 5.73. The highest BCUT2D eigenvalue weighted by atomic mass is 19.2. The van der Waals surface area contributed by atoms with E-state index in [0.717, 1.165) is 0 Å². The number of benzene rings is 2. The number of hydrogen-bond donors (Lipinski definition) is 0. The largest absolute Gasteiger partial charge is 0.420 e. The lowest BCUT2D eigenvalue weighted by molar-refractivity contribution is -0.137. The molecule has 0 heterocycles. The average molecular weight is 667 g/mol. The zero-order chi connectivity index (χ0) is 34.3. The Hall–Kier alpha value is -3.44. The molecular formula is C28H28F10O7. The molecule has 0 radical (unpaired) electrons. The predicted octanol–water partition coefficient (Wildman–Crippen LogP) is 6.76. The lowest BCUT2D eigenvalue weighted by atomic mass is 10.0. The minimum absolute atomic E-state index is 0.00745. The molecule has 2 aromatic carbocycles. The Bertz CT molecular complexity index is 1340. The van der Waals surface area contributed by atoms with Crippen molar-refractivity contribution >= 4 is 11.9 Å². The van der Waals surface area contributed by atoms with Crippen LogP contribution in [0, 0.1) is 58.2 Å². The first-order valence-corrected chi connectivity index (χ1v) is 13.1. The van der Waals surface area contributed by atoms with Gasteiger partial charge in [0.15, 0.2) is 0 Å². The number of esters is 2. The van der Waals surface area contributed by atoms with E-state index in [9.17, 15) is 53.5 Å². The van der Waals surface area contributed by atoms with E-state index in [0.29, 0.717) is 0 Å². The van der Waals surface area contributed by atoms with Crippen molar-refractivity contribution in [3.05, 3.63) is 58.2 Å². The van der Waals surface area contributed by atoms with Gasteiger partial charge in [-0.2, -0.15) is 17.6 Å². The van der Waals surface area contributed by atoms with Gasteiger partial charge in [-0.25, -0.2) is 26.3 Å². The van der Waals surface area contributed by atoms with Crippen LogP contribution in [-0.4, -0.2) is 49.6 Å². The third-order valence-corrected chi connectivity index (χ3v) is 6.07. The Kier molecular flexibility index (Phi) is 13.2. The summed E-state index contributed by atoms with van der Waals surface area (Å²) in [6.07, 6.45) is -0.859. The van der Waals surface area contributed by atoms with Crippen LogP contribution in [0.5, 0.6) is 11.5 Å². The molecule has 0 aromatic heterocycles. The fourth-order valence-corrected chi connectivity index (χ4v) is 3.44. The molecule has 0 aliphatic rings. The predicted molar refractivity (Wildman–Crippen MR) is 133 cm³/mol. The summed E-state index contributed by atoms with van der Waals surface area (Å²) < 4.78 is 159. The van der Waals surface area contributed by atoms with Crippen molar-refractivity contribution < 1.29 is 77.2 Å². The molecule has 0 spiro atoms. The molecule has 0 saturated carbocycles. The molecule has 45 heavy (non-hydrogen) atoms. The van der Waals surface area contributed by atoms with Crippen LogP contribution in [0.25, 0.3) is 0 Å². The maximum atomic E-state index is 13.7. The Morgan fingerprint density at radius 3 is 1.20 bits per heavy atom. The molecular weight excluding hydrogens is 638 g/mol. The zero-order valence-corrected chi connectivity index (χ0v) is 24.3. The van der Waals surface area contributed by atoms with Gasteiger partial charge in [0.1, 0.15) is 0 Å². The second-order valence-corrected chi connectivity index (χ2v) is 10.6. The van der Waals surface area contributed by atoms with Gasteiger partial charge in [-0.3, -0.25) is 9.59 Å². The standard InChI is InChI=1S/C28H28F10O7/c1-27(2,7-5-13(39)44-25-21(35)17(31)15(29)18(32)22(25)36)42-11-12-43-28(3,4)8-10-41-9-6-14(40)45-26-23(37)19(33)16(30)20(34)24(26)38/h5-12H2,1-4H3. The molecule has 7 nitrogen and oxygen atoms in total. The number of halogens is 10. The smallest absolute Gasteiger partial charge is 0.313 e. The van der Waals surface area contributed by atoms with E-state index in [1.807, 2.05) is 0 Å². The first kappa shape index (κ1) is 37.7. The van der Waals surface area contributed by atoms with Gasteiger partial charge in [0.05, 0.1) is 37.4 Å². The highest BCUT2D eigenvalue weighted by Gasteiger charge is 2.30. The Balaban J connectivity index is 1.69. The maximum Gasteiger partial charge on any atom is 0.313 e. The van der Waals surface area contributed by atoms with Crippen LogP contribution in [0.1, 0.15) is 53.4 Å². The summed E-state index contributed by atoms with van der Waals surface area (Å²) in [7, 11) is 0. The first-order valence-electron chi connectivity index (χ1n) is 13.1. The Labute approximate surface area is 250 Å². The third-order valence-electron chi connectivity index (χ3n) is 6.07. The van der Waals surface area contributed by atoms with Crippen molar-refractivity contribution in [2.24, 2.45) is 0 Å². The normalized spacial score (nSPS) is 12.0. The monoisotopic (exact) mass is 666 g/mol. The van der Waals surface area contributed by atoms with Gasteiger partial charge in [0, 0.05) is 13.0 Å². The Morgan fingerprint density at radius 1 is 0.467 bits per heavy atom. The molecule has 0 N–H and O–H groups in total. The van der Waals surface area contributed by atoms with E-state index >= 15 is 0 Å². The summed E-state index contributed by atoms with van der Waals surface area (Å²) in [6, 6.07) is 0. The van der Waals surface area contributed by atoms with Gasteiger partial charge in [-0.05, 0) is 40.5 Å². The van der Waals surface area contributed by atoms with Crippen molar-refractivity contribution in [2.75, 3.05) is 26.4 Å². The molecule has 0 aliphatic carbocycles. The highest BCUT2D eigenvalue weighted by Crippen LogP contribution is 2.31. The fourth-order valence-electron chi connectivity index (χ4n) is 3.44. The van der Waals surface area contributed by atoms with Crippen LogP contribution in [0.4, 0.5) is 43.9 Å². The van der Waals surface area contributed by atoms with Crippen molar-refractivity contribution in [3.63, 3.8) is 0 Å². The fraction of sp³-hybridized carbons (Fsp3) is 0.500. The van der Waals surface area contributed by atoms with Crippen molar-refractivity contribution in [1.29, 1.82) is 0 Å². The summed E-state index contributed by atoms with van der Waals surface area (Å²) in [6.45, 7) is 6.27. The summed E-state index contributed by atoms with van der Waals surface area (Å²) in [5, 5.41) is 0. The first-order chi connectivity index (χ1) is 20.8. The van der Waals surface area contributed by atoms with E-state index in [-0.39, 0.29) is 39.3 Å². The molecule has 252 valence electrons. The number of rotatable bonds is 16. The second-order valence-electron chi connectivity index (χ2n) is 10.6. The molecule has 0 atom stereocenters. The maximum absolute atomic E-state index is 13.7. The molecule has 0 bridgehead atoms. The van der Waals surface area contributed by atoms with Crippen LogP contribution in [0.2, 0.25) is 0 Å². The van der Waals surface area contributed by atoms with Gasteiger partial charge in [-0.15, -0.1) is 0 Å². The summed E-state index contributed by atoms with van der Waals surface area (Å²) in [4.78, 5) is 23.7. The number of hydrogen-bond acceptors (Lipinski definition) is 7. The molecule has 2 aromatic rings. The second kappa shape index (κ2) is 15.7. The van der Waals surface area contributed by atoms with Crippen molar-refractivity contribution in [2.45, 2.75) is 64.6 Å². The van der Waals surface area contributed by atoms with Gasteiger partial charge in [0.2, 0.25) is 69.7 Å². The number of carbonyl (C=O) groups is 2. The topological polar surface area (TPSA) is 80.3 Å². The SMILES string of the molecule is CC(C)(CCOCCC(=O)Oc1c(F)c(F)c(F)c(F)c1F)OCCOC(C)(C)CCC(=O)Oc1c(F)c(F)c(F)c(F)c1F. The number of carbonyl (C=O) groups excluding carboxylic acids is 2. The molecule has 0 saturated heterocycles. The van der Waals surface area contributed by atoms with Gasteiger partial charge in [0.25, 0.3) is 0 Å². The van der Waals surface area contributed by atoms with Crippen LogP contribution in [0.3, 0.4) is 0 Å². The van der Waals surface area contributed by atoms with E-state index in [2.05, 4.69) is 9.47 Å². The number of ether oxygens (including phenoxy) is 5.